The third-order valence-corrected chi connectivity index (χ3v) is 10.0. The third-order valence-electron chi connectivity index (χ3n) is 9.72. The molecule has 1 saturated heterocycles. The lowest BCUT2D eigenvalue weighted by atomic mass is 10.0. The summed E-state index contributed by atoms with van der Waals surface area (Å²) < 4.78 is 35.6. The van der Waals surface area contributed by atoms with Gasteiger partial charge in [-0.05, 0) is 87.9 Å². The van der Waals surface area contributed by atoms with Gasteiger partial charge in [0.25, 0.3) is 0 Å². The van der Waals surface area contributed by atoms with Gasteiger partial charge in [-0.3, -0.25) is 4.90 Å². The van der Waals surface area contributed by atoms with Crippen molar-refractivity contribution in [2.45, 2.75) is 59.0 Å². The van der Waals surface area contributed by atoms with E-state index in [0.717, 1.165) is 38.4 Å². The molecule has 284 valence electrons. The highest BCUT2D eigenvalue weighted by Crippen LogP contribution is 2.42. The number of aromatic nitrogens is 4. The molecule has 13 heteroatoms. The Morgan fingerprint density at radius 2 is 1.83 bits per heavy atom. The molecule has 1 aliphatic heterocycles. The fourth-order valence-electron chi connectivity index (χ4n) is 7.29. The standard InChI is InChI=1S/C41H46ClFN6O5/c1-5-52-39(50)37-30(10-7-24-53-34-11-6-9-27-25-28(43)12-13-29(27)34)31-14-15-33(42)35(32-26-45-49-17-8-16-44-38(32)49)36(31)48(37)23-20-46-18-21-47(22-19-46)40(51)54-41(2,3)4/h6,8-9,11-17,25-26,39,50H,5,7,10,18-24H2,1-4H3. The molecule has 0 radical (unpaired) electrons. The summed E-state index contributed by atoms with van der Waals surface area (Å²) in [7, 11) is 0. The number of fused-ring (bicyclic) bond motifs is 3. The fourth-order valence-corrected chi connectivity index (χ4v) is 7.54. The second-order valence-electron chi connectivity index (χ2n) is 14.5. The van der Waals surface area contributed by atoms with Crippen molar-refractivity contribution in [1.29, 1.82) is 0 Å². The SMILES string of the molecule is CCOC(O)c1c(CCCOc2cccc3cc(F)ccc23)c2ccc(Cl)c(-c3cnn4cccnc34)c2n1CCN1CCN(C(=O)OC(C)(C)C)CC1. The number of carbonyl (C=O) groups is 1. The fraction of sp³-hybridized carbons (Fsp3) is 0.390. The number of benzene rings is 3. The molecule has 1 fully saturated rings. The van der Waals surface area contributed by atoms with Gasteiger partial charge < -0.3 is 28.8 Å². The molecule has 11 nitrogen and oxygen atoms in total. The first-order valence-electron chi connectivity index (χ1n) is 18.5. The third kappa shape index (κ3) is 7.88. The van der Waals surface area contributed by atoms with E-state index in [1.165, 1.54) is 12.1 Å². The number of amides is 1. The van der Waals surface area contributed by atoms with E-state index in [-0.39, 0.29) is 11.9 Å². The Kier molecular flexibility index (Phi) is 11.1. The van der Waals surface area contributed by atoms with Crippen molar-refractivity contribution in [3.05, 3.63) is 95.3 Å². The monoisotopic (exact) mass is 756 g/mol. The van der Waals surface area contributed by atoms with E-state index in [9.17, 15) is 14.3 Å². The Balaban J connectivity index is 1.23. The van der Waals surface area contributed by atoms with Crippen LogP contribution in [0.15, 0.2) is 73.2 Å². The van der Waals surface area contributed by atoms with Crippen molar-refractivity contribution in [3.63, 3.8) is 0 Å². The average Bonchev–Trinajstić information content (AvgIpc) is 3.71. The van der Waals surface area contributed by atoms with E-state index >= 15 is 0 Å². The molecule has 54 heavy (non-hydrogen) atoms. The van der Waals surface area contributed by atoms with E-state index in [0.29, 0.717) is 87.4 Å². The van der Waals surface area contributed by atoms with Crippen molar-refractivity contribution >= 4 is 45.0 Å². The van der Waals surface area contributed by atoms with Crippen molar-refractivity contribution < 1.29 is 28.5 Å². The number of halogens is 2. The summed E-state index contributed by atoms with van der Waals surface area (Å²) in [5, 5.41) is 19.4. The van der Waals surface area contributed by atoms with Crippen LogP contribution in [-0.4, -0.2) is 91.7 Å². The van der Waals surface area contributed by atoms with Crippen LogP contribution in [0, 0.1) is 5.82 Å². The lowest BCUT2D eigenvalue weighted by Gasteiger charge is -2.35. The highest BCUT2D eigenvalue weighted by molar-refractivity contribution is 6.35. The molecule has 3 aromatic carbocycles. The van der Waals surface area contributed by atoms with Crippen molar-refractivity contribution in [1.82, 2.24) is 29.0 Å². The molecule has 1 aliphatic rings. The van der Waals surface area contributed by atoms with Gasteiger partial charge in [-0.2, -0.15) is 5.10 Å². The molecule has 0 saturated carbocycles. The maximum atomic E-state index is 13.9. The number of aliphatic hydroxyl groups excluding tert-OH is 1. The maximum Gasteiger partial charge on any atom is 0.410 e. The number of rotatable bonds is 12. The number of nitrogens with zero attached hydrogens (tertiary/aromatic N) is 6. The molecule has 4 heterocycles. The summed E-state index contributed by atoms with van der Waals surface area (Å²) in [5.41, 5.74) is 4.10. The molecule has 1 N–H and O–H groups in total. The lowest BCUT2D eigenvalue weighted by Crippen LogP contribution is -2.50. The molecule has 1 amide bonds. The van der Waals surface area contributed by atoms with E-state index in [4.69, 9.17) is 25.8 Å². The Hall–Kier alpha value is -4.75. The highest BCUT2D eigenvalue weighted by atomic mass is 35.5. The van der Waals surface area contributed by atoms with Crippen molar-refractivity contribution in [3.8, 4) is 16.9 Å². The van der Waals surface area contributed by atoms with Gasteiger partial charge in [0.05, 0.1) is 34.6 Å². The number of hydrogen-bond donors (Lipinski definition) is 1. The molecule has 3 aromatic heterocycles. The number of hydrogen-bond acceptors (Lipinski definition) is 8. The smallest absolute Gasteiger partial charge is 0.410 e. The predicted molar refractivity (Wildman–Crippen MR) is 207 cm³/mol. The number of aryl methyl sites for hydroxylation is 1. The van der Waals surface area contributed by atoms with E-state index < -0.39 is 11.9 Å². The van der Waals surface area contributed by atoms with Gasteiger partial charge >= 0.3 is 6.09 Å². The van der Waals surface area contributed by atoms with Crippen LogP contribution in [0.1, 0.15) is 51.7 Å². The first-order valence-corrected chi connectivity index (χ1v) is 18.8. The number of carbonyl (C=O) groups excluding carboxylic acids is 1. The second-order valence-corrected chi connectivity index (χ2v) is 14.9. The van der Waals surface area contributed by atoms with Crippen LogP contribution >= 0.6 is 11.6 Å². The van der Waals surface area contributed by atoms with Crippen LogP contribution in [0.4, 0.5) is 9.18 Å². The Labute approximate surface area is 318 Å². The summed E-state index contributed by atoms with van der Waals surface area (Å²) in [5.74, 6) is 0.393. The van der Waals surface area contributed by atoms with Crippen LogP contribution in [0.5, 0.6) is 5.75 Å². The maximum absolute atomic E-state index is 13.9. The minimum atomic E-state index is -1.20. The van der Waals surface area contributed by atoms with Gasteiger partial charge in [-0.1, -0.05) is 29.8 Å². The zero-order valence-corrected chi connectivity index (χ0v) is 31.9. The van der Waals surface area contributed by atoms with Crippen LogP contribution in [0.25, 0.3) is 38.4 Å². The van der Waals surface area contributed by atoms with Gasteiger partial charge in [-0.25, -0.2) is 18.7 Å². The van der Waals surface area contributed by atoms with Crippen molar-refractivity contribution in [2.24, 2.45) is 0 Å². The molecule has 1 atom stereocenters. The van der Waals surface area contributed by atoms with E-state index in [2.05, 4.69) is 19.5 Å². The summed E-state index contributed by atoms with van der Waals surface area (Å²) in [6.07, 6.45) is 5.05. The topological polar surface area (TPSA) is 107 Å². The molecular weight excluding hydrogens is 711 g/mol. The quantitative estimate of drug-likeness (QED) is 0.0993. The van der Waals surface area contributed by atoms with Gasteiger partial charge in [0.2, 0.25) is 0 Å². The Morgan fingerprint density at radius 3 is 2.61 bits per heavy atom. The summed E-state index contributed by atoms with van der Waals surface area (Å²) >= 11 is 7.09. The molecule has 7 rings (SSSR count). The summed E-state index contributed by atoms with van der Waals surface area (Å²) in [6.45, 7) is 11.8. The lowest BCUT2D eigenvalue weighted by molar-refractivity contribution is -0.103. The minimum Gasteiger partial charge on any atom is -0.493 e. The molecule has 6 aromatic rings. The normalized spacial score (nSPS) is 14.7. The van der Waals surface area contributed by atoms with Crippen LogP contribution in [-0.2, 0) is 22.4 Å². The first-order chi connectivity index (χ1) is 26.0. The zero-order chi connectivity index (χ0) is 38.0. The minimum absolute atomic E-state index is 0.293. The molecule has 0 spiro atoms. The largest absolute Gasteiger partial charge is 0.493 e. The molecule has 0 bridgehead atoms. The van der Waals surface area contributed by atoms with Gasteiger partial charge in [0.1, 0.15) is 17.2 Å². The highest BCUT2D eigenvalue weighted by Gasteiger charge is 2.29. The van der Waals surface area contributed by atoms with Gasteiger partial charge in [-0.15, -0.1) is 0 Å². The Morgan fingerprint density at radius 1 is 1.04 bits per heavy atom. The molecule has 0 aliphatic carbocycles. The van der Waals surface area contributed by atoms with Crippen LogP contribution in [0.2, 0.25) is 5.02 Å². The number of piperazine rings is 1. The number of ether oxygens (including phenoxy) is 3. The van der Waals surface area contributed by atoms with E-state index in [1.807, 2.05) is 70.3 Å². The first kappa shape index (κ1) is 37.6. The zero-order valence-electron chi connectivity index (χ0n) is 31.1. The average molecular weight is 757 g/mol. The molecule has 1 unspecified atom stereocenters. The summed E-state index contributed by atoms with van der Waals surface area (Å²) in [6, 6.07) is 16.0. The van der Waals surface area contributed by atoms with Crippen LogP contribution in [0.3, 0.4) is 0 Å². The summed E-state index contributed by atoms with van der Waals surface area (Å²) in [4.78, 5) is 21.5. The van der Waals surface area contributed by atoms with Crippen molar-refractivity contribution in [2.75, 3.05) is 45.9 Å². The Bertz CT molecular complexity index is 2280. The van der Waals surface area contributed by atoms with Gasteiger partial charge in [0.15, 0.2) is 11.9 Å². The second kappa shape index (κ2) is 15.9. The van der Waals surface area contributed by atoms with E-state index in [1.54, 1.807) is 27.9 Å². The predicted octanol–water partition coefficient (Wildman–Crippen LogP) is 7.89. The molecular formula is C41H46ClFN6O5. The van der Waals surface area contributed by atoms with Crippen LogP contribution < -0.4 is 4.74 Å². The van der Waals surface area contributed by atoms with Gasteiger partial charge in [0, 0.05) is 74.6 Å². The number of aliphatic hydroxyl groups is 1.